The van der Waals surface area contributed by atoms with Crippen molar-refractivity contribution in [2.75, 3.05) is 18.7 Å². The quantitative estimate of drug-likeness (QED) is 0.466. The van der Waals surface area contributed by atoms with E-state index < -0.39 is 6.43 Å². The van der Waals surface area contributed by atoms with E-state index in [9.17, 15) is 8.78 Å². The summed E-state index contributed by atoms with van der Waals surface area (Å²) in [6.07, 6.45) is -0.361. The zero-order chi connectivity index (χ0) is 6.41. The number of rotatable bonds is 4. The first-order valence-electron chi connectivity index (χ1n) is 2.25. The average Bonchev–Trinajstić information content (AvgIpc) is 1.66. The molecule has 0 aliphatic carbocycles. The number of nitrogens with one attached hydrogen (secondary N) is 1. The second-order valence-corrected chi connectivity index (χ2v) is 2.14. The van der Waals surface area contributed by atoms with E-state index in [0.717, 1.165) is 0 Å². The first-order chi connectivity index (χ1) is 3.77. The van der Waals surface area contributed by atoms with E-state index in [4.69, 9.17) is 0 Å². The molecule has 0 unspecified atom stereocenters. The van der Waals surface area contributed by atoms with Crippen LogP contribution in [0.4, 0.5) is 8.78 Å². The van der Waals surface area contributed by atoms with Gasteiger partial charge in [0.25, 0.3) is 6.43 Å². The van der Waals surface area contributed by atoms with Gasteiger partial charge in [-0.2, -0.15) is 0 Å². The third-order valence-electron chi connectivity index (χ3n) is 0.545. The van der Waals surface area contributed by atoms with Crippen LogP contribution in [0.15, 0.2) is 0 Å². The molecule has 0 saturated heterocycles. The Labute approximate surface area is 51.8 Å². The summed E-state index contributed by atoms with van der Waals surface area (Å²) in [6.45, 7) is -0.194. The minimum absolute atomic E-state index is 0.194. The van der Waals surface area contributed by atoms with Crippen LogP contribution in [-0.4, -0.2) is 25.1 Å². The van der Waals surface area contributed by atoms with E-state index in [-0.39, 0.29) is 6.54 Å². The van der Waals surface area contributed by atoms with Crippen molar-refractivity contribution >= 4 is 11.8 Å². The Bertz CT molecular complexity index is 51.3. The van der Waals surface area contributed by atoms with Crippen LogP contribution in [0.3, 0.4) is 0 Å². The van der Waals surface area contributed by atoms with Crippen molar-refractivity contribution in [3.8, 4) is 0 Å². The Balaban J connectivity index is 2.72. The van der Waals surface area contributed by atoms with Gasteiger partial charge in [-0.3, -0.25) is 0 Å². The lowest BCUT2D eigenvalue weighted by Crippen LogP contribution is -2.20. The summed E-state index contributed by atoms with van der Waals surface area (Å²) in [5.74, 6) is 0.602. The third-order valence-corrected chi connectivity index (χ3v) is 1.04. The lowest BCUT2D eigenvalue weighted by atomic mass is 10.7. The Morgan fingerprint density at radius 1 is 1.62 bits per heavy atom. The molecule has 0 atom stereocenters. The number of alkyl halides is 2. The maximum absolute atomic E-state index is 11.3. The molecule has 50 valence electrons. The SMILES string of the molecule is CSCNCC(F)F. The molecule has 0 aromatic rings. The molecule has 4 heteroatoms. The standard InChI is InChI=1S/C4H9F2NS/c1-8-3-7-2-4(5)6/h4,7H,2-3H2,1H3. The topological polar surface area (TPSA) is 12.0 Å². The van der Waals surface area contributed by atoms with Gasteiger partial charge in [0.05, 0.1) is 6.54 Å². The largest absolute Gasteiger partial charge is 0.302 e. The normalized spacial score (nSPS) is 10.5. The molecule has 0 radical (unpaired) electrons. The minimum atomic E-state index is -2.22. The summed E-state index contributed by atoms with van der Waals surface area (Å²) < 4.78 is 22.6. The second kappa shape index (κ2) is 5.31. The molecule has 0 amide bonds. The Hall–Kier alpha value is 0.170. The average molecular weight is 141 g/mol. The number of thioether (sulfide) groups is 1. The van der Waals surface area contributed by atoms with Gasteiger partial charge in [-0.05, 0) is 6.26 Å². The third kappa shape index (κ3) is 6.17. The Morgan fingerprint density at radius 2 is 2.25 bits per heavy atom. The van der Waals surface area contributed by atoms with E-state index >= 15 is 0 Å². The molecular weight excluding hydrogens is 132 g/mol. The highest BCUT2D eigenvalue weighted by Gasteiger charge is 1.97. The summed E-state index contributed by atoms with van der Waals surface area (Å²) in [7, 11) is 0. The van der Waals surface area contributed by atoms with E-state index in [1.165, 1.54) is 11.8 Å². The van der Waals surface area contributed by atoms with Crippen LogP contribution in [0.25, 0.3) is 0 Å². The maximum atomic E-state index is 11.3. The van der Waals surface area contributed by atoms with Crippen molar-refractivity contribution in [2.45, 2.75) is 6.43 Å². The van der Waals surface area contributed by atoms with E-state index in [1.54, 1.807) is 0 Å². The first-order valence-corrected chi connectivity index (χ1v) is 3.64. The first kappa shape index (κ1) is 8.17. The van der Waals surface area contributed by atoms with Gasteiger partial charge >= 0.3 is 0 Å². The molecule has 0 fully saturated rings. The highest BCUT2D eigenvalue weighted by atomic mass is 32.2. The number of hydrogen-bond acceptors (Lipinski definition) is 2. The Kier molecular flexibility index (Phi) is 5.42. The molecule has 0 spiro atoms. The van der Waals surface area contributed by atoms with Gasteiger partial charge in [-0.25, -0.2) is 8.78 Å². The number of halogens is 2. The van der Waals surface area contributed by atoms with Crippen LogP contribution in [0.2, 0.25) is 0 Å². The zero-order valence-corrected chi connectivity index (χ0v) is 5.47. The predicted molar refractivity (Wildman–Crippen MR) is 32.4 cm³/mol. The lowest BCUT2D eigenvalue weighted by molar-refractivity contribution is 0.148. The highest BCUT2D eigenvalue weighted by Crippen LogP contribution is 1.90. The fourth-order valence-electron chi connectivity index (χ4n) is 0.270. The van der Waals surface area contributed by atoms with Gasteiger partial charge in [0.1, 0.15) is 0 Å². The molecule has 0 aromatic carbocycles. The molecule has 1 N–H and O–H groups in total. The van der Waals surface area contributed by atoms with E-state index in [1.807, 2.05) is 6.26 Å². The minimum Gasteiger partial charge on any atom is -0.302 e. The fourth-order valence-corrected chi connectivity index (χ4v) is 0.592. The van der Waals surface area contributed by atoms with Gasteiger partial charge in [0.15, 0.2) is 0 Å². The molecule has 0 aliphatic heterocycles. The fraction of sp³-hybridized carbons (Fsp3) is 1.00. The highest BCUT2D eigenvalue weighted by molar-refractivity contribution is 7.98. The van der Waals surface area contributed by atoms with Crippen molar-refractivity contribution in [2.24, 2.45) is 0 Å². The zero-order valence-electron chi connectivity index (χ0n) is 4.66. The van der Waals surface area contributed by atoms with Crippen LogP contribution >= 0.6 is 11.8 Å². The van der Waals surface area contributed by atoms with E-state index in [0.29, 0.717) is 5.88 Å². The van der Waals surface area contributed by atoms with Crippen LogP contribution in [0, 0.1) is 0 Å². The van der Waals surface area contributed by atoms with Gasteiger partial charge < -0.3 is 5.32 Å². The molecule has 1 nitrogen and oxygen atoms in total. The molecular formula is C4H9F2NS. The van der Waals surface area contributed by atoms with Crippen molar-refractivity contribution < 1.29 is 8.78 Å². The summed E-state index contributed by atoms with van der Waals surface area (Å²) in [5, 5.41) is 2.55. The van der Waals surface area contributed by atoms with E-state index in [2.05, 4.69) is 5.32 Å². The van der Waals surface area contributed by atoms with Crippen molar-refractivity contribution in [1.29, 1.82) is 0 Å². The van der Waals surface area contributed by atoms with Gasteiger partial charge in [0.2, 0.25) is 0 Å². The van der Waals surface area contributed by atoms with Crippen molar-refractivity contribution in [3.63, 3.8) is 0 Å². The molecule has 0 heterocycles. The molecule has 8 heavy (non-hydrogen) atoms. The summed E-state index contributed by atoms with van der Waals surface area (Å²) >= 11 is 1.50. The van der Waals surface area contributed by atoms with Crippen LogP contribution in [-0.2, 0) is 0 Å². The summed E-state index contributed by atoms with van der Waals surface area (Å²) in [5.41, 5.74) is 0. The molecule has 0 rings (SSSR count). The maximum Gasteiger partial charge on any atom is 0.250 e. The van der Waals surface area contributed by atoms with Crippen molar-refractivity contribution in [1.82, 2.24) is 5.32 Å². The Morgan fingerprint density at radius 3 is 2.62 bits per heavy atom. The second-order valence-electron chi connectivity index (χ2n) is 1.28. The predicted octanol–water partition coefficient (Wildman–Crippen LogP) is 1.16. The molecule has 0 aliphatic rings. The lowest BCUT2D eigenvalue weighted by Gasteiger charge is -1.98. The molecule has 0 saturated carbocycles. The molecule has 0 bridgehead atoms. The smallest absolute Gasteiger partial charge is 0.250 e. The summed E-state index contributed by atoms with van der Waals surface area (Å²) in [6, 6.07) is 0. The van der Waals surface area contributed by atoms with Crippen LogP contribution in [0.5, 0.6) is 0 Å². The molecule has 0 aromatic heterocycles. The van der Waals surface area contributed by atoms with Gasteiger partial charge in [-0.1, -0.05) is 0 Å². The number of hydrogen-bond donors (Lipinski definition) is 1. The van der Waals surface area contributed by atoms with Crippen LogP contribution < -0.4 is 5.32 Å². The van der Waals surface area contributed by atoms with Crippen molar-refractivity contribution in [3.05, 3.63) is 0 Å². The van der Waals surface area contributed by atoms with Crippen LogP contribution in [0.1, 0.15) is 0 Å². The monoisotopic (exact) mass is 141 g/mol. The van der Waals surface area contributed by atoms with Gasteiger partial charge in [-0.15, -0.1) is 11.8 Å². The van der Waals surface area contributed by atoms with Gasteiger partial charge in [0, 0.05) is 5.88 Å². The summed E-state index contributed by atoms with van der Waals surface area (Å²) in [4.78, 5) is 0.